The molecule has 0 spiro atoms. The SMILES string of the molecule is CCOP(=O)(OCC)C(Cc1ccc[n+](C)c1)P(=O)(OCC)OCC. The zero-order valence-corrected chi connectivity index (χ0v) is 17.5. The Kier molecular flexibility index (Phi) is 9.50. The summed E-state index contributed by atoms with van der Waals surface area (Å²) in [4.78, 5) is 0. The highest BCUT2D eigenvalue weighted by atomic mass is 31.2. The fourth-order valence-electron chi connectivity index (χ4n) is 2.52. The number of pyridine rings is 1. The first-order valence-corrected chi connectivity index (χ1v) is 11.8. The van der Waals surface area contributed by atoms with E-state index in [9.17, 15) is 9.13 Å². The summed E-state index contributed by atoms with van der Waals surface area (Å²) < 4.78 is 50.6. The molecule has 9 heteroatoms. The lowest BCUT2D eigenvalue weighted by Gasteiger charge is -2.31. The lowest BCUT2D eigenvalue weighted by Crippen LogP contribution is -2.28. The van der Waals surface area contributed by atoms with Crippen molar-refractivity contribution in [3.63, 3.8) is 0 Å². The van der Waals surface area contributed by atoms with Crippen LogP contribution in [0.4, 0.5) is 0 Å². The van der Waals surface area contributed by atoms with Gasteiger partial charge in [-0.1, -0.05) is 0 Å². The lowest BCUT2D eigenvalue weighted by atomic mass is 10.2. The van der Waals surface area contributed by atoms with Crippen LogP contribution in [0.5, 0.6) is 0 Å². The van der Waals surface area contributed by atoms with Crippen molar-refractivity contribution in [2.24, 2.45) is 7.05 Å². The molecule has 0 unspecified atom stereocenters. The largest absolute Gasteiger partial charge is 0.346 e. The van der Waals surface area contributed by atoms with E-state index >= 15 is 0 Å². The van der Waals surface area contributed by atoms with Crippen LogP contribution in [0.3, 0.4) is 0 Å². The Bertz CT molecular complexity index is 574. The average molecular weight is 394 g/mol. The zero-order chi connectivity index (χ0) is 18.9. The summed E-state index contributed by atoms with van der Waals surface area (Å²) in [6, 6.07) is 3.74. The van der Waals surface area contributed by atoms with Crippen molar-refractivity contribution in [2.45, 2.75) is 39.5 Å². The average Bonchev–Trinajstić information content (AvgIpc) is 2.53. The molecule has 0 N–H and O–H groups in total. The van der Waals surface area contributed by atoms with Crippen molar-refractivity contribution in [1.82, 2.24) is 0 Å². The maximum absolute atomic E-state index is 13.4. The van der Waals surface area contributed by atoms with E-state index in [2.05, 4.69) is 0 Å². The van der Waals surface area contributed by atoms with Crippen LogP contribution in [0, 0.1) is 0 Å². The van der Waals surface area contributed by atoms with Gasteiger partial charge in [0.2, 0.25) is 0 Å². The second kappa shape index (κ2) is 10.6. The minimum absolute atomic E-state index is 0.175. The Morgan fingerprint density at radius 2 is 1.36 bits per heavy atom. The molecule has 0 aromatic carbocycles. The molecule has 144 valence electrons. The Morgan fingerprint density at radius 1 is 0.920 bits per heavy atom. The van der Waals surface area contributed by atoms with E-state index in [1.165, 1.54) is 0 Å². The van der Waals surface area contributed by atoms with Gasteiger partial charge in [0.05, 0.1) is 26.4 Å². The fraction of sp³-hybridized carbons (Fsp3) is 0.688. The van der Waals surface area contributed by atoms with E-state index in [1.807, 2.05) is 36.1 Å². The van der Waals surface area contributed by atoms with Crippen LogP contribution >= 0.6 is 15.2 Å². The van der Waals surface area contributed by atoms with Crippen molar-refractivity contribution in [2.75, 3.05) is 26.4 Å². The molecule has 0 amide bonds. The summed E-state index contributed by atoms with van der Waals surface area (Å²) in [6.45, 7) is 7.58. The quantitative estimate of drug-likeness (QED) is 0.395. The molecule has 1 aromatic rings. The molecule has 0 fully saturated rings. The first-order valence-electron chi connectivity index (χ1n) is 8.56. The number of hydrogen-bond donors (Lipinski definition) is 0. The highest BCUT2D eigenvalue weighted by Gasteiger charge is 2.50. The van der Waals surface area contributed by atoms with Crippen LogP contribution in [-0.2, 0) is 40.7 Å². The van der Waals surface area contributed by atoms with Crippen LogP contribution in [0.25, 0.3) is 0 Å². The van der Waals surface area contributed by atoms with Gasteiger partial charge in [0, 0.05) is 18.1 Å². The van der Waals surface area contributed by atoms with Gasteiger partial charge in [-0.15, -0.1) is 0 Å². The van der Waals surface area contributed by atoms with Crippen LogP contribution in [0.1, 0.15) is 33.3 Å². The first-order chi connectivity index (χ1) is 11.8. The highest BCUT2D eigenvalue weighted by molar-refractivity contribution is 7.72. The van der Waals surface area contributed by atoms with Crippen molar-refractivity contribution < 1.29 is 31.8 Å². The van der Waals surface area contributed by atoms with Gasteiger partial charge in [0.15, 0.2) is 17.8 Å². The van der Waals surface area contributed by atoms with E-state index in [0.717, 1.165) is 5.56 Å². The van der Waals surface area contributed by atoms with E-state index in [1.54, 1.807) is 27.7 Å². The summed E-state index contributed by atoms with van der Waals surface area (Å²) >= 11 is 0. The second-order valence-electron chi connectivity index (χ2n) is 5.31. The molecular formula is C16H30NO6P2+. The van der Waals surface area contributed by atoms with E-state index in [0.29, 0.717) is 0 Å². The molecular weight excluding hydrogens is 364 g/mol. The number of hydrogen-bond acceptors (Lipinski definition) is 6. The number of rotatable bonds is 12. The highest BCUT2D eigenvalue weighted by Crippen LogP contribution is 2.71. The predicted molar refractivity (Wildman–Crippen MR) is 96.8 cm³/mol. The van der Waals surface area contributed by atoms with E-state index < -0.39 is 20.6 Å². The van der Waals surface area contributed by atoms with Gasteiger partial charge in [-0.3, -0.25) is 9.13 Å². The first kappa shape index (κ1) is 22.5. The monoisotopic (exact) mass is 394 g/mol. The number of nitrogens with zero attached hydrogens (tertiary/aromatic N) is 1. The minimum Gasteiger partial charge on any atom is -0.308 e. The minimum atomic E-state index is -3.71. The Labute approximate surface area is 150 Å². The predicted octanol–water partition coefficient (Wildman–Crippen LogP) is 3.91. The van der Waals surface area contributed by atoms with E-state index in [4.69, 9.17) is 18.1 Å². The smallest absolute Gasteiger partial charge is 0.308 e. The van der Waals surface area contributed by atoms with Gasteiger partial charge in [0.25, 0.3) is 0 Å². The van der Waals surface area contributed by atoms with Gasteiger partial charge < -0.3 is 18.1 Å². The molecule has 1 aromatic heterocycles. The van der Waals surface area contributed by atoms with Gasteiger partial charge in [-0.2, -0.15) is 0 Å². The molecule has 7 nitrogen and oxygen atoms in total. The topological polar surface area (TPSA) is 74.9 Å². The third kappa shape index (κ3) is 6.28. The molecule has 0 aliphatic heterocycles. The molecule has 0 saturated carbocycles. The zero-order valence-electron chi connectivity index (χ0n) is 15.7. The molecule has 1 heterocycles. The Hall–Kier alpha value is -0.550. The van der Waals surface area contributed by atoms with Gasteiger partial charge in [-0.25, -0.2) is 4.57 Å². The molecule has 0 bridgehead atoms. The third-order valence-corrected chi connectivity index (χ3v) is 9.38. The van der Waals surface area contributed by atoms with Crippen molar-refractivity contribution >= 4 is 15.2 Å². The van der Waals surface area contributed by atoms with Crippen molar-refractivity contribution in [3.05, 3.63) is 30.1 Å². The lowest BCUT2D eigenvalue weighted by molar-refractivity contribution is -0.671. The van der Waals surface area contributed by atoms with Crippen molar-refractivity contribution in [1.29, 1.82) is 0 Å². The number of aromatic nitrogens is 1. The summed E-state index contributed by atoms with van der Waals surface area (Å²) in [5, 5.41) is -1.03. The van der Waals surface area contributed by atoms with Gasteiger partial charge in [0.1, 0.15) is 7.05 Å². The second-order valence-corrected chi connectivity index (χ2v) is 10.2. The molecule has 1 rings (SSSR count). The maximum atomic E-state index is 13.4. The summed E-state index contributed by atoms with van der Waals surface area (Å²) in [5.41, 5.74) is 0.842. The van der Waals surface area contributed by atoms with Gasteiger partial charge >= 0.3 is 15.2 Å². The van der Waals surface area contributed by atoms with E-state index in [-0.39, 0.29) is 32.8 Å². The third-order valence-electron chi connectivity index (χ3n) is 3.39. The van der Waals surface area contributed by atoms with Crippen LogP contribution < -0.4 is 4.57 Å². The molecule has 25 heavy (non-hydrogen) atoms. The summed E-state index contributed by atoms with van der Waals surface area (Å²) in [7, 11) is -5.54. The normalized spacial score (nSPS) is 12.7. The van der Waals surface area contributed by atoms with Crippen LogP contribution in [0.2, 0.25) is 0 Å². The van der Waals surface area contributed by atoms with Crippen LogP contribution in [-0.4, -0.2) is 31.8 Å². The molecule has 0 aliphatic rings. The number of aryl methyl sites for hydroxylation is 1. The standard InChI is InChI=1S/C16H30NO6P2/c1-6-20-24(18,21-7-2)16(25(19,22-8-3)23-9-4)13-15-11-10-12-17(5)14-15/h10-12,14,16H,6-9,13H2,1-5H3/q+1. The molecule has 0 saturated heterocycles. The maximum Gasteiger partial charge on any atom is 0.346 e. The van der Waals surface area contributed by atoms with Crippen molar-refractivity contribution in [3.8, 4) is 0 Å². The molecule has 0 radical (unpaired) electrons. The van der Waals surface area contributed by atoms with Crippen LogP contribution in [0.15, 0.2) is 24.5 Å². The summed E-state index contributed by atoms with van der Waals surface area (Å²) in [5.74, 6) is 0. The molecule has 0 aliphatic carbocycles. The Morgan fingerprint density at radius 3 is 1.72 bits per heavy atom. The fourth-order valence-corrected chi connectivity index (χ4v) is 7.85. The molecule has 0 atom stereocenters. The van der Waals surface area contributed by atoms with Gasteiger partial charge in [-0.05, 0) is 33.8 Å². The Balaban J connectivity index is 3.37. The summed E-state index contributed by atoms with van der Waals surface area (Å²) in [6.07, 6.45) is 3.95.